The van der Waals surface area contributed by atoms with Crippen molar-refractivity contribution in [3.63, 3.8) is 0 Å². The molecule has 1 atom stereocenters. The molecule has 1 fully saturated rings. The van der Waals surface area contributed by atoms with E-state index in [4.69, 9.17) is 9.72 Å². The summed E-state index contributed by atoms with van der Waals surface area (Å²) in [5.74, 6) is 2.52. The molecule has 1 unspecified atom stereocenters. The van der Waals surface area contributed by atoms with Crippen LogP contribution in [0.1, 0.15) is 40.0 Å². The maximum atomic E-state index is 13.9. The third-order valence-corrected chi connectivity index (χ3v) is 7.84. The highest BCUT2D eigenvalue weighted by Gasteiger charge is 2.30. The first-order chi connectivity index (χ1) is 20.2. The lowest BCUT2D eigenvalue weighted by atomic mass is 9.99. The molecule has 6 heteroatoms. The highest BCUT2D eigenvalue weighted by atomic mass is 16.5. The molecule has 1 amide bonds. The molecule has 5 aromatic rings. The predicted molar refractivity (Wildman–Crippen MR) is 163 cm³/mol. The average Bonchev–Trinajstić information content (AvgIpc) is 3.64. The van der Waals surface area contributed by atoms with E-state index < -0.39 is 0 Å². The van der Waals surface area contributed by atoms with Crippen LogP contribution in [0.25, 0.3) is 22.6 Å². The number of pyridine rings is 2. The summed E-state index contributed by atoms with van der Waals surface area (Å²) in [7, 11) is 0. The summed E-state index contributed by atoms with van der Waals surface area (Å²) in [6.07, 6.45) is 6.49. The van der Waals surface area contributed by atoms with Crippen LogP contribution in [0.15, 0.2) is 103 Å². The van der Waals surface area contributed by atoms with Gasteiger partial charge in [-0.25, -0.2) is 9.97 Å². The SMILES string of the molecule is O=C(NC1CCN(c2ccccn2)C1)c1c2c(nc3ccccc13)/C(=C/c1cccc(Oc3ccccc3)c1)CC2. The minimum Gasteiger partial charge on any atom is -0.457 e. The van der Waals surface area contributed by atoms with Gasteiger partial charge in [0, 0.05) is 30.7 Å². The Morgan fingerprint density at radius 3 is 2.61 bits per heavy atom. The lowest BCUT2D eigenvalue weighted by Gasteiger charge is -2.19. The van der Waals surface area contributed by atoms with Crippen LogP contribution in [0.2, 0.25) is 0 Å². The van der Waals surface area contributed by atoms with Crippen LogP contribution >= 0.6 is 0 Å². The van der Waals surface area contributed by atoms with Crippen LogP contribution in [0, 0.1) is 0 Å². The summed E-state index contributed by atoms with van der Waals surface area (Å²) in [6.45, 7) is 1.62. The van der Waals surface area contributed by atoms with Crippen molar-refractivity contribution < 1.29 is 9.53 Å². The van der Waals surface area contributed by atoms with Crippen molar-refractivity contribution in [3.8, 4) is 11.5 Å². The number of nitrogens with zero attached hydrogens (tertiary/aromatic N) is 3. The van der Waals surface area contributed by atoms with Crippen molar-refractivity contribution >= 4 is 34.3 Å². The Labute approximate surface area is 239 Å². The lowest BCUT2D eigenvalue weighted by Crippen LogP contribution is -2.37. The Balaban J connectivity index is 1.18. The molecule has 202 valence electrons. The zero-order valence-corrected chi connectivity index (χ0v) is 22.7. The van der Waals surface area contributed by atoms with Crippen molar-refractivity contribution in [2.24, 2.45) is 0 Å². The molecule has 2 aromatic heterocycles. The van der Waals surface area contributed by atoms with Crippen molar-refractivity contribution in [1.82, 2.24) is 15.3 Å². The van der Waals surface area contributed by atoms with Gasteiger partial charge in [0.25, 0.3) is 5.91 Å². The van der Waals surface area contributed by atoms with Crippen LogP contribution in [-0.2, 0) is 6.42 Å². The number of allylic oxidation sites excluding steroid dienone is 1. The molecule has 3 heterocycles. The molecular weight excluding hydrogens is 508 g/mol. The van der Waals surface area contributed by atoms with Gasteiger partial charge in [0.1, 0.15) is 17.3 Å². The molecule has 0 radical (unpaired) electrons. The Kier molecular flexibility index (Phi) is 6.65. The van der Waals surface area contributed by atoms with Crippen LogP contribution in [0.4, 0.5) is 5.82 Å². The van der Waals surface area contributed by atoms with E-state index in [-0.39, 0.29) is 11.9 Å². The number of amides is 1. The summed E-state index contributed by atoms with van der Waals surface area (Å²) in [4.78, 5) is 25.7. The Hall–Kier alpha value is -4.97. The van der Waals surface area contributed by atoms with E-state index in [9.17, 15) is 4.79 Å². The molecule has 1 aliphatic heterocycles. The maximum absolute atomic E-state index is 13.9. The van der Waals surface area contributed by atoms with Gasteiger partial charge in [-0.1, -0.05) is 54.6 Å². The fourth-order valence-corrected chi connectivity index (χ4v) is 5.92. The minimum atomic E-state index is -0.0211. The summed E-state index contributed by atoms with van der Waals surface area (Å²) in [6, 6.07) is 31.8. The smallest absolute Gasteiger partial charge is 0.252 e. The molecule has 41 heavy (non-hydrogen) atoms. The average molecular weight is 539 g/mol. The largest absolute Gasteiger partial charge is 0.457 e. The van der Waals surface area contributed by atoms with Gasteiger partial charge in [0.05, 0.1) is 16.8 Å². The molecule has 2 aliphatic rings. The van der Waals surface area contributed by atoms with E-state index in [1.54, 1.807) is 0 Å². The Morgan fingerprint density at radius 2 is 1.73 bits per heavy atom. The summed E-state index contributed by atoms with van der Waals surface area (Å²) in [5.41, 5.74) is 5.73. The third-order valence-electron chi connectivity index (χ3n) is 7.84. The Bertz CT molecular complexity index is 1750. The molecule has 7 rings (SSSR count). The van der Waals surface area contributed by atoms with Gasteiger partial charge in [-0.05, 0) is 84.5 Å². The van der Waals surface area contributed by atoms with Gasteiger partial charge >= 0.3 is 0 Å². The lowest BCUT2D eigenvalue weighted by molar-refractivity contribution is 0.0941. The zero-order valence-electron chi connectivity index (χ0n) is 22.7. The van der Waals surface area contributed by atoms with Gasteiger partial charge in [-0.15, -0.1) is 0 Å². The fraction of sp³-hybridized carbons (Fsp3) is 0.171. The second kappa shape index (κ2) is 10.9. The molecule has 3 aromatic carbocycles. The molecule has 0 spiro atoms. The van der Waals surface area contributed by atoms with Crippen molar-refractivity contribution in [3.05, 3.63) is 126 Å². The second-order valence-corrected chi connectivity index (χ2v) is 10.6. The van der Waals surface area contributed by atoms with Crippen LogP contribution in [-0.4, -0.2) is 35.0 Å². The summed E-state index contributed by atoms with van der Waals surface area (Å²) in [5, 5.41) is 4.25. The first-order valence-corrected chi connectivity index (χ1v) is 14.1. The molecule has 1 saturated heterocycles. The van der Waals surface area contributed by atoms with Gasteiger partial charge in [0.15, 0.2) is 0 Å². The number of benzene rings is 3. The van der Waals surface area contributed by atoms with Crippen LogP contribution in [0.5, 0.6) is 11.5 Å². The Morgan fingerprint density at radius 1 is 0.902 bits per heavy atom. The monoisotopic (exact) mass is 538 g/mol. The van der Waals surface area contributed by atoms with E-state index in [0.29, 0.717) is 0 Å². The zero-order chi connectivity index (χ0) is 27.6. The van der Waals surface area contributed by atoms with Gasteiger partial charge < -0.3 is 15.0 Å². The number of anilines is 1. The predicted octanol–water partition coefficient (Wildman–Crippen LogP) is 6.92. The van der Waals surface area contributed by atoms with Crippen molar-refractivity contribution in [2.45, 2.75) is 25.3 Å². The molecular formula is C35H30N4O2. The van der Waals surface area contributed by atoms with E-state index >= 15 is 0 Å². The second-order valence-electron chi connectivity index (χ2n) is 10.6. The van der Waals surface area contributed by atoms with E-state index in [2.05, 4.69) is 27.3 Å². The molecule has 6 nitrogen and oxygen atoms in total. The molecule has 0 saturated carbocycles. The van der Waals surface area contributed by atoms with Gasteiger partial charge in [-0.3, -0.25) is 4.79 Å². The first-order valence-electron chi connectivity index (χ1n) is 14.1. The topological polar surface area (TPSA) is 67.4 Å². The summed E-state index contributed by atoms with van der Waals surface area (Å²) < 4.78 is 6.06. The van der Waals surface area contributed by atoms with Crippen LogP contribution in [0.3, 0.4) is 0 Å². The normalized spacial score (nSPS) is 17.1. The highest BCUT2D eigenvalue weighted by molar-refractivity contribution is 6.09. The standard InChI is InChI=1S/C35H30N4O2/c40-35(37-26-18-20-39(23-26)32-15-6-7-19-36-32)33-29-13-4-5-14-31(29)38-34-25(16-17-30(33)34)21-24-9-8-12-28(22-24)41-27-10-2-1-3-11-27/h1-15,19,21-22,26H,16-18,20,23H2,(H,37,40)/b25-21+. The number of ether oxygens (including phenoxy) is 1. The molecule has 0 bridgehead atoms. The van der Waals surface area contributed by atoms with E-state index in [0.717, 1.165) is 88.5 Å². The maximum Gasteiger partial charge on any atom is 0.252 e. The first kappa shape index (κ1) is 25.0. The highest BCUT2D eigenvalue weighted by Crippen LogP contribution is 2.38. The fourth-order valence-electron chi connectivity index (χ4n) is 5.92. The van der Waals surface area contributed by atoms with Crippen molar-refractivity contribution in [1.29, 1.82) is 0 Å². The number of nitrogens with one attached hydrogen (secondary N) is 1. The number of hydrogen-bond donors (Lipinski definition) is 1. The number of carbonyl (C=O) groups is 1. The molecule has 1 N–H and O–H groups in total. The van der Waals surface area contributed by atoms with Gasteiger partial charge in [0.2, 0.25) is 0 Å². The van der Waals surface area contributed by atoms with E-state index in [1.165, 1.54) is 0 Å². The van der Waals surface area contributed by atoms with Crippen LogP contribution < -0.4 is 15.0 Å². The number of carbonyl (C=O) groups excluding carboxylic acids is 1. The number of aromatic nitrogens is 2. The third kappa shape index (κ3) is 5.16. The quantitative estimate of drug-likeness (QED) is 0.254. The molecule has 1 aliphatic carbocycles. The van der Waals surface area contributed by atoms with Gasteiger partial charge in [-0.2, -0.15) is 0 Å². The number of hydrogen-bond acceptors (Lipinski definition) is 5. The van der Waals surface area contributed by atoms with E-state index in [1.807, 2.05) is 97.2 Å². The number of rotatable bonds is 6. The summed E-state index contributed by atoms with van der Waals surface area (Å²) >= 11 is 0. The number of para-hydroxylation sites is 2. The minimum absolute atomic E-state index is 0.0211. The number of fused-ring (bicyclic) bond motifs is 2. The van der Waals surface area contributed by atoms with Crippen molar-refractivity contribution in [2.75, 3.05) is 18.0 Å².